The van der Waals surface area contributed by atoms with Crippen LogP contribution in [0.25, 0.3) is 0 Å². The molecular weight excluding hydrogens is 270 g/mol. The SMILES string of the molecule is Cc1ccc(C#N)cc1NC(=O)N1CCC[C@@H](C(=O)O)C1. The van der Waals surface area contributed by atoms with Gasteiger partial charge in [0.25, 0.3) is 0 Å². The number of piperidine rings is 1. The van der Waals surface area contributed by atoms with Crippen molar-refractivity contribution in [2.45, 2.75) is 19.8 Å². The van der Waals surface area contributed by atoms with E-state index in [9.17, 15) is 9.59 Å². The molecule has 1 aliphatic heterocycles. The lowest BCUT2D eigenvalue weighted by Crippen LogP contribution is -2.44. The molecule has 0 saturated carbocycles. The Hall–Kier alpha value is -2.55. The average molecular weight is 287 g/mol. The third kappa shape index (κ3) is 3.51. The topological polar surface area (TPSA) is 93.4 Å². The number of aliphatic carboxylic acids is 1. The summed E-state index contributed by atoms with van der Waals surface area (Å²) < 4.78 is 0. The highest BCUT2D eigenvalue weighted by atomic mass is 16.4. The molecule has 1 atom stereocenters. The van der Waals surface area contributed by atoms with Crippen molar-refractivity contribution in [2.75, 3.05) is 18.4 Å². The molecule has 6 heteroatoms. The summed E-state index contributed by atoms with van der Waals surface area (Å²) in [6.45, 7) is 2.61. The van der Waals surface area contributed by atoms with E-state index in [1.54, 1.807) is 18.2 Å². The molecule has 0 radical (unpaired) electrons. The van der Waals surface area contributed by atoms with Crippen molar-refractivity contribution in [3.63, 3.8) is 0 Å². The standard InChI is InChI=1S/C15H17N3O3/c1-10-4-5-11(8-16)7-13(10)17-15(21)18-6-2-3-12(9-18)14(19)20/h4-5,7,12H,2-3,6,9H2,1H3,(H,17,21)(H,19,20)/t12-/m1/s1. The van der Waals surface area contributed by atoms with Crippen LogP contribution in [0.4, 0.5) is 10.5 Å². The highest BCUT2D eigenvalue weighted by Gasteiger charge is 2.28. The zero-order valence-corrected chi connectivity index (χ0v) is 11.8. The second kappa shape index (κ2) is 6.27. The number of nitriles is 1. The van der Waals surface area contributed by atoms with Gasteiger partial charge in [0, 0.05) is 18.8 Å². The number of hydrogen-bond donors (Lipinski definition) is 2. The minimum absolute atomic E-state index is 0.220. The Bertz CT molecular complexity index is 607. The molecule has 1 aromatic carbocycles. The molecule has 0 aliphatic carbocycles. The quantitative estimate of drug-likeness (QED) is 0.872. The minimum atomic E-state index is -0.866. The number of anilines is 1. The van der Waals surface area contributed by atoms with Crippen molar-refractivity contribution in [3.8, 4) is 6.07 Å². The van der Waals surface area contributed by atoms with Crippen LogP contribution in [0.5, 0.6) is 0 Å². The molecule has 0 bridgehead atoms. The maximum atomic E-state index is 12.2. The predicted octanol–water partition coefficient (Wildman–Crippen LogP) is 2.20. The molecule has 0 aromatic heterocycles. The number of carboxylic acid groups (broad SMARTS) is 1. The van der Waals surface area contributed by atoms with E-state index < -0.39 is 11.9 Å². The van der Waals surface area contributed by atoms with Crippen molar-refractivity contribution in [1.82, 2.24) is 4.90 Å². The number of benzene rings is 1. The smallest absolute Gasteiger partial charge is 0.321 e. The van der Waals surface area contributed by atoms with Crippen molar-refractivity contribution in [3.05, 3.63) is 29.3 Å². The number of aryl methyl sites for hydroxylation is 1. The van der Waals surface area contributed by atoms with Gasteiger partial charge in [0.15, 0.2) is 0 Å². The molecule has 1 aromatic rings. The highest BCUT2D eigenvalue weighted by Crippen LogP contribution is 2.20. The van der Waals surface area contributed by atoms with Crippen LogP contribution in [0.15, 0.2) is 18.2 Å². The molecule has 2 amide bonds. The number of rotatable bonds is 2. The van der Waals surface area contributed by atoms with Gasteiger partial charge in [-0.1, -0.05) is 6.07 Å². The molecule has 21 heavy (non-hydrogen) atoms. The van der Waals surface area contributed by atoms with Crippen molar-refractivity contribution >= 4 is 17.7 Å². The third-order valence-electron chi connectivity index (χ3n) is 3.67. The first kappa shape index (κ1) is 14.9. The number of carboxylic acids is 1. The zero-order valence-electron chi connectivity index (χ0n) is 11.8. The van der Waals surface area contributed by atoms with Crippen LogP contribution in [0.2, 0.25) is 0 Å². The Morgan fingerprint density at radius 2 is 2.24 bits per heavy atom. The minimum Gasteiger partial charge on any atom is -0.481 e. The Labute approximate surface area is 123 Å². The molecule has 1 heterocycles. The van der Waals surface area contributed by atoms with Crippen molar-refractivity contribution in [2.24, 2.45) is 5.92 Å². The molecule has 6 nitrogen and oxygen atoms in total. The Kier molecular flexibility index (Phi) is 4.43. The van der Waals surface area contributed by atoms with Gasteiger partial charge in [0.05, 0.1) is 17.6 Å². The lowest BCUT2D eigenvalue weighted by atomic mass is 9.99. The summed E-state index contributed by atoms with van der Waals surface area (Å²) in [6, 6.07) is 6.78. The maximum absolute atomic E-state index is 12.2. The van der Waals surface area contributed by atoms with Gasteiger partial charge in [-0.15, -0.1) is 0 Å². The summed E-state index contributed by atoms with van der Waals surface area (Å²) in [7, 11) is 0. The van der Waals surface area contributed by atoms with E-state index >= 15 is 0 Å². The van der Waals surface area contributed by atoms with Gasteiger partial charge in [-0.05, 0) is 37.5 Å². The summed E-state index contributed by atoms with van der Waals surface area (Å²) in [5, 5.41) is 20.7. The molecular formula is C15H17N3O3. The Balaban J connectivity index is 2.08. The van der Waals surface area contributed by atoms with Gasteiger partial charge >= 0.3 is 12.0 Å². The lowest BCUT2D eigenvalue weighted by molar-refractivity contribution is -0.143. The zero-order chi connectivity index (χ0) is 15.4. The molecule has 1 fully saturated rings. The van der Waals surface area contributed by atoms with Crippen LogP contribution in [0.1, 0.15) is 24.0 Å². The number of likely N-dealkylation sites (tertiary alicyclic amines) is 1. The number of amides is 2. The van der Waals surface area contributed by atoms with Gasteiger partial charge < -0.3 is 15.3 Å². The Morgan fingerprint density at radius 1 is 1.48 bits per heavy atom. The molecule has 110 valence electrons. The van der Waals surface area contributed by atoms with Crippen LogP contribution in [-0.2, 0) is 4.79 Å². The van der Waals surface area contributed by atoms with Crippen LogP contribution in [-0.4, -0.2) is 35.1 Å². The summed E-state index contributed by atoms with van der Waals surface area (Å²) >= 11 is 0. The number of carbonyl (C=O) groups is 2. The van der Waals surface area contributed by atoms with E-state index in [0.29, 0.717) is 30.6 Å². The number of nitrogens with zero attached hydrogens (tertiary/aromatic N) is 2. The molecule has 0 unspecified atom stereocenters. The molecule has 0 spiro atoms. The second-order valence-electron chi connectivity index (χ2n) is 5.20. The van der Waals surface area contributed by atoms with E-state index in [2.05, 4.69) is 5.32 Å². The maximum Gasteiger partial charge on any atom is 0.321 e. The number of nitrogens with one attached hydrogen (secondary N) is 1. The van der Waals surface area contributed by atoms with Crippen molar-refractivity contribution < 1.29 is 14.7 Å². The van der Waals surface area contributed by atoms with Crippen LogP contribution < -0.4 is 5.32 Å². The first-order chi connectivity index (χ1) is 10.0. The summed E-state index contributed by atoms with van der Waals surface area (Å²) in [4.78, 5) is 24.8. The van der Waals surface area contributed by atoms with E-state index in [4.69, 9.17) is 10.4 Å². The fraction of sp³-hybridized carbons (Fsp3) is 0.400. The second-order valence-corrected chi connectivity index (χ2v) is 5.20. The van der Waals surface area contributed by atoms with E-state index in [1.165, 1.54) is 4.90 Å². The van der Waals surface area contributed by atoms with Crippen LogP contribution >= 0.6 is 0 Å². The normalized spacial score (nSPS) is 17.9. The first-order valence-electron chi connectivity index (χ1n) is 6.80. The first-order valence-corrected chi connectivity index (χ1v) is 6.80. The van der Waals surface area contributed by atoms with Crippen LogP contribution in [0, 0.1) is 24.2 Å². The van der Waals surface area contributed by atoms with Gasteiger partial charge in [-0.3, -0.25) is 4.79 Å². The van der Waals surface area contributed by atoms with Gasteiger partial charge in [0.2, 0.25) is 0 Å². The third-order valence-corrected chi connectivity index (χ3v) is 3.67. The van der Waals surface area contributed by atoms with Crippen LogP contribution in [0.3, 0.4) is 0 Å². The van der Waals surface area contributed by atoms with Crippen molar-refractivity contribution in [1.29, 1.82) is 5.26 Å². The monoisotopic (exact) mass is 287 g/mol. The summed E-state index contributed by atoms with van der Waals surface area (Å²) in [6.07, 6.45) is 1.28. The fourth-order valence-electron chi connectivity index (χ4n) is 2.38. The number of urea groups is 1. The van der Waals surface area contributed by atoms with E-state index in [1.807, 2.05) is 13.0 Å². The molecule has 2 rings (SSSR count). The fourth-order valence-corrected chi connectivity index (χ4v) is 2.38. The molecule has 1 saturated heterocycles. The predicted molar refractivity (Wildman–Crippen MR) is 76.8 cm³/mol. The highest BCUT2D eigenvalue weighted by molar-refractivity contribution is 5.90. The van der Waals surface area contributed by atoms with E-state index in [-0.39, 0.29) is 12.6 Å². The van der Waals surface area contributed by atoms with Gasteiger partial charge in [0.1, 0.15) is 0 Å². The van der Waals surface area contributed by atoms with Gasteiger partial charge in [-0.2, -0.15) is 5.26 Å². The average Bonchev–Trinajstić information content (AvgIpc) is 2.49. The largest absolute Gasteiger partial charge is 0.481 e. The summed E-state index contributed by atoms with van der Waals surface area (Å²) in [5.41, 5.74) is 1.91. The molecule has 1 aliphatic rings. The number of carbonyl (C=O) groups excluding carboxylic acids is 1. The summed E-state index contributed by atoms with van der Waals surface area (Å²) in [5.74, 6) is -1.37. The van der Waals surface area contributed by atoms with E-state index in [0.717, 1.165) is 5.56 Å². The molecule has 2 N–H and O–H groups in total. The number of hydrogen-bond acceptors (Lipinski definition) is 3. The van der Waals surface area contributed by atoms with Gasteiger partial charge in [-0.25, -0.2) is 4.79 Å². The lowest BCUT2D eigenvalue weighted by Gasteiger charge is -2.30. The Morgan fingerprint density at radius 3 is 2.90 bits per heavy atom.